The first kappa shape index (κ1) is 14.5. The van der Waals surface area contributed by atoms with Gasteiger partial charge in [-0.15, -0.1) is 0 Å². The van der Waals surface area contributed by atoms with Crippen molar-refractivity contribution < 1.29 is 14.6 Å². The zero-order valence-corrected chi connectivity index (χ0v) is 11.7. The van der Waals surface area contributed by atoms with Crippen molar-refractivity contribution in [2.75, 3.05) is 6.61 Å². The van der Waals surface area contributed by atoms with E-state index in [4.69, 9.17) is 4.74 Å². The number of ether oxygens (including phenoxy) is 1. The van der Waals surface area contributed by atoms with Crippen molar-refractivity contribution in [1.82, 2.24) is 0 Å². The Kier molecular flexibility index (Phi) is 4.23. The van der Waals surface area contributed by atoms with Gasteiger partial charge in [0.1, 0.15) is 0 Å². The highest BCUT2D eigenvalue weighted by atomic mass is 16.5. The van der Waals surface area contributed by atoms with Crippen molar-refractivity contribution in [3.63, 3.8) is 0 Å². The number of carbonyl (C=O) groups excluding carboxylic acids is 1. The Labute approximate surface area is 105 Å². The molecule has 0 aromatic carbocycles. The molecular formula is C14H26O3. The van der Waals surface area contributed by atoms with E-state index in [0.29, 0.717) is 19.4 Å². The summed E-state index contributed by atoms with van der Waals surface area (Å²) >= 11 is 0. The van der Waals surface area contributed by atoms with Gasteiger partial charge in [-0.05, 0) is 37.5 Å². The summed E-state index contributed by atoms with van der Waals surface area (Å²) in [4.78, 5) is 11.9. The summed E-state index contributed by atoms with van der Waals surface area (Å²) in [7, 11) is 0. The van der Waals surface area contributed by atoms with Crippen molar-refractivity contribution in [1.29, 1.82) is 0 Å². The van der Waals surface area contributed by atoms with Crippen molar-refractivity contribution in [2.24, 2.45) is 17.3 Å². The lowest BCUT2D eigenvalue weighted by Gasteiger charge is -2.35. The average Bonchev–Trinajstić information content (AvgIpc) is 2.37. The number of carbonyl (C=O) groups is 1. The molecule has 3 atom stereocenters. The van der Waals surface area contributed by atoms with E-state index in [0.717, 1.165) is 6.42 Å². The maximum absolute atomic E-state index is 11.9. The Hall–Kier alpha value is -0.570. The molecule has 100 valence electrons. The highest BCUT2D eigenvalue weighted by molar-refractivity contribution is 5.74. The highest BCUT2D eigenvalue weighted by Gasteiger charge is 2.53. The van der Waals surface area contributed by atoms with E-state index in [2.05, 4.69) is 13.8 Å². The predicted octanol–water partition coefficient (Wildman–Crippen LogP) is 2.76. The van der Waals surface area contributed by atoms with Gasteiger partial charge in [0.2, 0.25) is 0 Å². The zero-order valence-electron chi connectivity index (χ0n) is 11.7. The first-order valence-electron chi connectivity index (χ1n) is 6.66. The van der Waals surface area contributed by atoms with Crippen LogP contribution in [0.25, 0.3) is 0 Å². The molecule has 17 heavy (non-hydrogen) atoms. The highest BCUT2D eigenvalue weighted by Crippen LogP contribution is 2.51. The SMILES string of the molecule is CCOC(=O)C(CC)C1(O)CC(C)(C)CC1C. The second-order valence-corrected chi connectivity index (χ2v) is 6.15. The van der Waals surface area contributed by atoms with Gasteiger partial charge in [-0.25, -0.2) is 0 Å². The molecule has 1 rings (SSSR count). The second-order valence-electron chi connectivity index (χ2n) is 6.15. The summed E-state index contributed by atoms with van der Waals surface area (Å²) in [5, 5.41) is 10.9. The molecule has 1 aliphatic rings. The minimum Gasteiger partial charge on any atom is -0.466 e. The Morgan fingerprint density at radius 2 is 2.06 bits per heavy atom. The number of hydrogen-bond donors (Lipinski definition) is 1. The van der Waals surface area contributed by atoms with Gasteiger partial charge in [0.25, 0.3) is 0 Å². The molecule has 0 heterocycles. The molecule has 3 nitrogen and oxygen atoms in total. The number of hydrogen-bond acceptors (Lipinski definition) is 3. The molecule has 0 spiro atoms. The van der Waals surface area contributed by atoms with Crippen molar-refractivity contribution >= 4 is 5.97 Å². The fourth-order valence-electron chi connectivity index (χ4n) is 3.45. The van der Waals surface area contributed by atoms with Crippen LogP contribution in [0.15, 0.2) is 0 Å². The third kappa shape index (κ3) is 2.82. The van der Waals surface area contributed by atoms with Crippen LogP contribution in [0.2, 0.25) is 0 Å². The van der Waals surface area contributed by atoms with Crippen molar-refractivity contribution in [3.05, 3.63) is 0 Å². The summed E-state index contributed by atoms with van der Waals surface area (Å²) in [5.74, 6) is -0.492. The quantitative estimate of drug-likeness (QED) is 0.771. The van der Waals surface area contributed by atoms with Gasteiger partial charge < -0.3 is 9.84 Å². The van der Waals surface area contributed by atoms with Crippen LogP contribution in [0.4, 0.5) is 0 Å². The Bertz CT molecular complexity index is 285. The maximum Gasteiger partial charge on any atom is 0.311 e. The fourth-order valence-corrected chi connectivity index (χ4v) is 3.45. The topological polar surface area (TPSA) is 46.5 Å². The maximum atomic E-state index is 11.9. The zero-order chi connectivity index (χ0) is 13.3. The molecule has 3 unspecified atom stereocenters. The molecule has 0 aliphatic heterocycles. The van der Waals surface area contributed by atoms with Gasteiger partial charge in [0, 0.05) is 0 Å². The normalized spacial score (nSPS) is 33.4. The van der Waals surface area contributed by atoms with E-state index < -0.39 is 5.60 Å². The first-order chi connectivity index (χ1) is 7.77. The van der Waals surface area contributed by atoms with Gasteiger partial charge in [-0.3, -0.25) is 4.79 Å². The Morgan fingerprint density at radius 3 is 2.41 bits per heavy atom. The summed E-state index contributed by atoms with van der Waals surface area (Å²) < 4.78 is 5.09. The van der Waals surface area contributed by atoms with Gasteiger partial charge in [0.15, 0.2) is 0 Å². The lowest BCUT2D eigenvalue weighted by Crippen LogP contribution is -2.45. The van der Waals surface area contributed by atoms with Crippen molar-refractivity contribution in [3.8, 4) is 0 Å². The van der Waals surface area contributed by atoms with Crippen LogP contribution in [0, 0.1) is 17.3 Å². The first-order valence-corrected chi connectivity index (χ1v) is 6.66. The minimum atomic E-state index is -0.898. The van der Waals surface area contributed by atoms with Crippen LogP contribution in [-0.2, 0) is 9.53 Å². The number of aliphatic hydroxyl groups is 1. The molecule has 0 amide bonds. The largest absolute Gasteiger partial charge is 0.466 e. The second kappa shape index (κ2) is 4.97. The Balaban J connectivity index is 2.91. The van der Waals surface area contributed by atoms with Gasteiger partial charge >= 0.3 is 5.97 Å². The van der Waals surface area contributed by atoms with Gasteiger partial charge in [-0.1, -0.05) is 27.7 Å². The van der Waals surface area contributed by atoms with Crippen LogP contribution in [-0.4, -0.2) is 23.3 Å². The lowest BCUT2D eigenvalue weighted by molar-refractivity contribution is -0.161. The summed E-state index contributed by atoms with van der Waals surface area (Å²) in [6.07, 6.45) is 2.27. The van der Waals surface area contributed by atoms with Crippen LogP contribution in [0.3, 0.4) is 0 Å². The average molecular weight is 242 g/mol. The van der Waals surface area contributed by atoms with E-state index in [-0.39, 0.29) is 23.2 Å². The monoisotopic (exact) mass is 242 g/mol. The molecule has 0 saturated heterocycles. The van der Waals surface area contributed by atoms with Crippen LogP contribution >= 0.6 is 0 Å². The van der Waals surface area contributed by atoms with Crippen LogP contribution in [0.1, 0.15) is 53.9 Å². The Morgan fingerprint density at radius 1 is 1.47 bits per heavy atom. The van der Waals surface area contributed by atoms with E-state index in [1.54, 1.807) is 6.92 Å². The molecule has 1 fully saturated rings. The van der Waals surface area contributed by atoms with Crippen LogP contribution in [0.5, 0.6) is 0 Å². The molecule has 0 bridgehead atoms. The molecule has 0 aromatic heterocycles. The fraction of sp³-hybridized carbons (Fsp3) is 0.929. The molecule has 1 aliphatic carbocycles. The lowest BCUT2D eigenvalue weighted by atomic mass is 9.77. The summed E-state index contributed by atoms with van der Waals surface area (Å²) in [5.41, 5.74) is -0.793. The van der Waals surface area contributed by atoms with Crippen molar-refractivity contribution in [2.45, 2.75) is 59.5 Å². The van der Waals surface area contributed by atoms with Crippen LogP contribution < -0.4 is 0 Å². The molecule has 1 saturated carbocycles. The summed E-state index contributed by atoms with van der Waals surface area (Å²) in [6.45, 7) is 10.5. The number of esters is 1. The van der Waals surface area contributed by atoms with E-state index in [9.17, 15) is 9.90 Å². The molecular weight excluding hydrogens is 216 g/mol. The summed E-state index contributed by atoms with van der Waals surface area (Å²) in [6, 6.07) is 0. The van der Waals surface area contributed by atoms with Gasteiger partial charge in [-0.2, -0.15) is 0 Å². The molecule has 3 heteroatoms. The smallest absolute Gasteiger partial charge is 0.311 e. The van der Waals surface area contributed by atoms with E-state index in [1.165, 1.54) is 0 Å². The molecule has 0 radical (unpaired) electrons. The van der Waals surface area contributed by atoms with E-state index >= 15 is 0 Å². The third-order valence-electron chi connectivity index (χ3n) is 4.06. The molecule has 1 N–H and O–H groups in total. The third-order valence-corrected chi connectivity index (χ3v) is 4.06. The standard InChI is InChI=1S/C14H26O3/c1-6-11(12(15)17-7-2)14(16)9-13(4,5)8-10(14)3/h10-11,16H,6-9H2,1-5H3. The number of rotatable bonds is 4. The van der Waals surface area contributed by atoms with E-state index in [1.807, 2.05) is 13.8 Å². The predicted molar refractivity (Wildman–Crippen MR) is 67.5 cm³/mol. The van der Waals surface area contributed by atoms with Gasteiger partial charge in [0.05, 0.1) is 18.1 Å². The minimum absolute atomic E-state index is 0.105. The molecule has 0 aromatic rings.